The quantitative estimate of drug-likeness (QED) is 0.839. The van der Waals surface area contributed by atoms with Gasteiger partial charge in [-0.15, -0.1) is 11.3 Å². The Morgan fingerprint density at radius 2 is 2.29 bits per heavy atom. The fourth-order valence-corrected chi connectivity index (χ4v) is 1.85. The SMILES string of the molecule is CC(Nc1nccn1C)c1nccs1. The van der Waals surface area contributed by atoms with Crippen molar-refractivity contribution in [2.24, 2.45) is 7.05 Å². The minimum atomic E-state index is 0.205. The standard InChI is InChI=1S/C9H12N4S/c1-7(8-10-4-6-14-8)12-9-11-3-5-13(9)2/h3-7H,1-2H3,(H,11,12). The third-order valence-electron chi connectivity index (χ3n) is 1.99. The van der Waals surface area contributed by atoms with Crippen LogP contribution in [-0.4, -0.2) is 14.5 Å². The third kappa shape index (κ3) is 1.77. The van der Waals surface area contributed by atoms with Gasteiger partial charge in [-0.2, -0.15) is 0 Å². The van der Waals surface area contributed by atoms with Crippen molar-refractivity contribution >= 4 is 17.3 Å². The molecule has 14 heavy (non-hydrogen) atoms. The summed E-state index contributed by atoms with van der Waals surface area (Å²) >= 11 is 1.65. The molecular formula is C9H12N4S. The summed E-state index contributed by atoms with van der Waals surface area (Å²) in [5.74, 6) is 0.868. The average molecular weight is 208 g/mol. The molecule has 74 valence electrons. The first-order valence-electron chi connectivity index (χ1n) is 4.40. The van der Waals surface area contributed by atoms with Crippen molar-refractivity contribution in [3.8, 4) is 0 Å². The number of anilines is 1. The molecule has 0 spiro atoms. The molecule has 0 amide bonds. The Bertz CT molecular complexity index is 393. The molecule has 0 aromatic carbocycles. The van der Waals surface area contributed by atoms with Gasteiger partial charge in [0.2, 0.25) is 5.95 Å². The molecule has 1 N–H and O–H groups in total. The summed E-state index contributed by atoms with van der Waals surface area (Å²) in [4.78, 5) is 8.44. The number of aromatic nitrogens is 3. The van der Waals surface area contributed by atoms with E-state index in [4.69, 9.17) is 0 Å². The second kappa shape index (κ2) is 3.79. The van der Waals surface area contributed by atoms with E-state index in [1.165, 1.54) is 0 Å². The Morgan fingerprint density at radius 3 is 2.86 bits per heavy atom. The minimum Gasteiger partial charge on any atom is -0.347 e. The van der Waals surface area contributed by atoms with Crippen LogP contribution in [0.25, 0.3) is 0 Å². The van der Waals surface area contributed by atoms with E-state index >= 15 is 0 Å². The Kier molecular flexibility index (Phi) is 2.49. The molecule has 0 saturated carbocycles. The molecular weight excluding hydrogens is 196 g/mol. The highest BCUT2D eigenvalue weighted by molar-refractivity contribution is 7.09. The molecule has 0 aliphatic heterocycles. The lowest BCUT2D eigenvalue weighted by molar-refractivity contribution is 0.815. The normalized spacial score (nSPS) is 12.7. The molecule has 2 aromatic rings. The van der Waals surface area contributed by atoms with E-state index < -0.39 is 0 Å². The molecule has 2 rings (SSSR count). The highest BCUT2D eigenvalue weighted by Crippen LogP contribution is 2.18. The predicted octanol–water partition coefficient (Wildman–Crippen LogP) is 2.05. The van der Waals surface area contributed by atoms with Crippen LogP contribution in [0.3, 0.4) is 0 Å². The molecule has 0 saturated heterocycles. The van der Waals surface area contributed by atoms with Crippen molar-refractivity contribution in [3.05, 3.63) is 29.0 Å². The van der Waals surface area contributed by atoms with Crippen molar-refractivity contribution in [1.29, 1.82) is 0 Å². The number of imidazole rings is 1. The second-order valence-corrected chi connectivity index (χ2v) is 4.02. The van der Waals surface area contributed by atoms with Crippen molar-refractivity contribution in [3.63, 3.8) is 0 Å². The number of thiazole rings is 1. The van der Waals surface area contributed by atoms with E-state index in [1.54, 1.807) is 17.5 Å². The van der Waals surface area contributed by atoms with Gasteiger partial charge in [0, 0.05) is 31.0 Å². The number of rotatable bonds is 3. The molecule has 0 aliphatic rings. The molecule has 5 heteroatoms. The van der Waals surface area contributed by atoms with Crippen LogP contribution >= 0.6 is 11.3 Å². The molecule has 2 heterocycles. The second-order valence-electron chi connectivity index (χ2n) is 3.10. The van der Waals surface area contributed by atoms with Gasteiger partial charge in [0.15, 0.2) is 0 Å². The topological polar surface area (TPSA) is 42.7 Å². The summed E-state index contributed by atoms with van der Waals surface area (Å²) in [7, 11) is 1.96. The van der Waals surface area contributed by atoms with Crippen LogP contribution in [0.1, 0.15) is 18.0 Å². The maximum Gasteiger partial charge on any atom is 0.203 e. The lowest BCUT2D eigenvalue weighted by Gasteiger charge is -2.11. The summed E-state index contributed by atoms with van der Waals surface area (Å²) in [5.41, 5.74) is 0. The van der Waals surface area contributed by atoms with Gasteiger partial charge < -0.3 is 9.88 Å². The van der Waals surface area contributed by atoms with Gasteiger partial charge >= 0.3 is 0 Å². The Hall–Kier alpha value is -1.36. The zero-order chi connectivity index (χ0) is 9.97. The lowest BCUT2D eigenvalue weighted by Crippen LogP contribution is -2.09. The van der Waals surface area contributed by atoms with Crippen molar-refractivity contribution in [2.75, 3.05) is 5.32 Å². The predicted molar refractivity (Wildman–Crippen MR) is 57.4 cm³/mol. The molecule has 0 radical (unpaired) electrons. The fourth-order valence-electron chi connectivity index (χ4n) is 1.21. The molecule has 4 nitrogen and oxygen atoms in total. The van der Waals surface area contributed by atoms with E-state index in [0.29, 0.717) is 0 Å². The van der Waals surface area contributed by atoms with Gasteiger partial charge in [-0.25, -0.2) is 9.97 Å². The number of nitrogens with zero attached hydrogens (tertiary/aromatic N) is 3. The van der Waals surface area contributed by atoms with Crippen LogP contribution in [0.5, 0.6) is 0 Å². The first-order chi connectivity index (χ1) is 6.77. The summed E-state index contributed by atoms with van der Waals surface area (Å²) in [6.45, 7) is 2.08. The van der Waals surface area contributed by atoms with E-state index in [0.717, 1.165) is 11.0 Å². The summed E-state index contributed by atoms with van der Waals surface area (Å²) in [5, 5.41) is 6.35. The maximum absolute atomic E-state index is 4.25. The van der Waals surface area contributed by atoms with E-state index in [2.05, 4.69) is 22.2 Å². The van der Waals surface area contributed by atoms with Gasteiger partial charge in [0.05, 0.1) is 6.04 Å². The number of aryl methyl sites for hydroxylation is 1. The highest BCUT2D eigenvalue weighted by atomic mass is 32.1. The average Bonchev–Trinajstić information content (AvgIpc) is 2.77. The van der Waals surface area contributed by atoms with Crippen LogP contribution in [0.4, 0.5) is 5.95 Å². The number of hydrogen-bond acceptors (Lipinski definition) is 4. The van der Waals surface area contributed by atoms with Gasteiger partial charge in [-0.05, 0) is 6.92 Å². The molecule has 2 aromatic heterocycles. The fraction of sp³-hybridized carbons (Fsp3) is 0.333. The van der Waals surface area contributed by atoms with Crippen molar-refractivity contribution in [2.45, 2.75) is 13.0 Å². The van der Waals surface area contributed by atoms with Crippen molar-refractivity contribution in [1.82, 2.24) is 14.5 Å². The van der Waals surface area contributed by atoms with Gasteiger partial charge in [0.25, 0.3) is 0 Å². The van der Waals surface area contributed by atoms with E-state index in [9.17, 15) is 0 Å². The summed E-state index contributed by atoms with van der Waals surface area (Å²) in [6.07, 6.45) is 5.50. The minimum absolute atomic E-state index is 0.205. The highest BCUT2D eigenvalue weighted by Gasteiger charge is 2.09. The first-order valence-corrected chi connectivity index (χ1v) is 5.28. The number of hydrogen-bond donors (Lipinski definition) is 1. The van der Waals surface area contributed by atoms with Crippen LogP contribution in [0.15, 0.2) is 24.0 Å². The number of nitrogens with one attached hydrogen (secondary N) is 1. The zero-order valence-corrected chi connectivity index (χ0v) is 8.95. The Morgan fingerprint density at radius 1 is 1.43 bits per heavy atom. The maximum atomic E-state index is 4.25. The molecule has 1 atom stereocenters. The Balaban J connectivity index is 2.09. The van der Waals surface area contributed by atoms with Crippen molar-refractivity contribution < 1.29 is 0 Å². The van der Waals surface area contributed by atoms with Crippen LogP contribution in [0.2, 0.25) is 0 Å². The molecule has 1 unspecified atom stereocenters. The van der Waals surface area contributed by atoms with E-state index in [-0.39, 0.29) is 6.04 Å². The van der Waals surface area contributed by atoms with Gasteiger partial charge in [-0.3, -0.25) is 0 Å². The van der Waals surface area contributed by atoms with Crippen LogP contribution in [0, 0.1) is 0 Å². The van der Waals surface area contributed by atoms with Gasteiger partial charge in [0.1, 0.15) is 5.01 Å². The van der Waals surface area contributed by atoms with Crippen LogP contribution in [-0.2, 0) is 7.05 Å². The molecule has 0 bridgehead atoms. The monoisotopic (exact) mass is 208 g/mol. The molecule has 0 aliphatic carbocycles. The third-order valence-corrected chi connectivity index (χ3v) is 2.95. The van der Waals surface area contributed by atoms with Gasteiger partial charge in [-0.1, -0.05) is 0 Å². The lowest BCUT2D eigenvalue weighted by atomic mass is 10.4. The zero-order valence-electron chi connectivity index (χ0n) is 8.14. The Labute approximate surface area is 86.6 Å². The van der Waals surface area contributed by atoms with E-state index in [1.807, 2.05) is 29.4 Å². The largest absolute Gasteiger partial charge is 0.347 e. The smallest absolute Gasteiger partial charge is 0.203 e. The summed E-state index contributed by atoms with van der Waals surface area (Å²) < 4.78 is 1.95. The molecule has 0 fully saturated rings. The van der Waals surface area contributed by atoms with Crippen LogP contribution < -0.4 is 5.32 Å². The summed E-state index contributed by atoms with van der Waals surface area (Å²) in [6, 6.07) is 0.205. The first kappa shape index (κ1) is 9.21.